The van der Waals surface area contributed by atoms with Gasteiger partial charge in [0.15, 0.2) is 0 Å². The quantitative estimate of drug-likeness (QED) is 0.411. The topological polar surface area (TPSA) is 17.3 Å². The summed E-state index contributed by atoms with van der Waals surface area (Å²) in [6, 6.07) is 31.7. The van der Waals surface area contributed by atoms with E-state index in [0.29, 0.717) is 0 Å². The van der Waals surface area contributed by atoms with Crippen LogP contribution in [0, 0.1) is 0 Å². The summed E-state index contributed by atoms with van der Waals surface area (Å²) in [5, 5.41) is 1.24. The molecule has 5 rings (SSSR count). The molecule has 0 spiro atoms. The summed E-state index contributed by atoms with van der Waals surface area (Å²) in [6.07, 6.45) is 3.00. The van der Waals surface area contributed by atoms with Gasteiger partial charge in [0, 0.05) is 23.6 Å². The van der Waals surface area contributed by atoms with Crippen molar-refractivity contribution in [3.05, 3.63) is 108 Å². The summed E-state index contributed by atoms with van der Waals surface area (Å²) in [6.45, 7) is 0. The highest BCUT2D eigenvalue weighted by Gasteiger charge is 2.12. The summed E-state index contributed by atoms with van der Waals surface area (Å²) < 4.78 is 2.28. The predicted octanol–water partition coefficient (Wildman–Crippen LogP) is 5.75. The fourth-order valence-electron chi connectivity index (χ4n) is 3.57. The molecule has 2 heterocycles. The minimum absolute atomic E-state index is 0.823. The van der Waals surface area contributed by atoms with Crippen LogP contribution in [-0.2, 0) is 6.42 Å². The van der Waals surface area contributed by atoms with Crippen molar-refractivity contribution in [2.24, 2.45) is 0 Å². The second-order valence-electron chi connectivity index (χ2n) is 6.57. The number of nitrogens with zero attached hydrogens (tertiary/aromatic N) is 2. The summed E-state index contributed by atoms with van der Waals surface area (Å²) >= 11 is 0. The molecule has 0 fully saturated rings. The lowest BCUT2D eigenvalue weighted by Crippen LogP contribution is -1.99. The van der Waals surface area contributed by atoms with Crippen LogP contribution in [0.15, 0.2) is 97.2 Å². The van der Waals surface area contributed by atoms with Crippen LogP contribution in [0.4, 0.5) is 0 Å². The fraction of sp³-hybridized carbons (Fsp3) is 0.0417. The number of benzene rings is 3. The van der Waals surface area contributed by atoms with E-state index in [-0.39, 0.29) is 0 Å². The third kappa shape index (κ3) is 2.56. The van der Waals surface area contributed by atoms with Gasteiger partial charge in [-0.05, 0) is 17.7 Å². The minimum Gasteiger partial charge on any atom is -0.313 e. The van der Waals surface area contributed by atoms with Gasteiger partial charge in [0.05, 0.1) is 22.4 Å². The summed E-state index contributed by atoms with van der Waals surface area (Å²) in [7, 11) is 0. The van der Waals surface area contributed by atoms with Crippen LogP contribution in [0.1, 0.15) is 11.3 Å². The maximum atomic E-state index is 5.04. The molecule has 0 radical (unpaired) electrons. The molecule has 0 aliphatic rings. The Hall–Kier alpha value is -3.39. The van der Waals surface area contributed by atoms with E-state index in [2.05, 4.69) is 95.5 Å². The molecule has 0 atom stereocenters. The van der Waals surface area contributed by atoms with Gasteiger partial charge in [-0.2, -0.15) is 0 Å². The molecule has 26 heavy (non-hydrogen) atoms. The first-order valence-corrected chi connectivity index (χ1v) is 8.87. The molecule has 2 aromatic heterocycles. The third-order valence-corrected chi connectivity index (χ3v) is 4.80. The Morgan fingerprint density at radius 3 is 2.19 bits per heavy atom. The van der Waals surface area contributed by atoms with Crippen LogP contribution in [0.5, 0.6) is 0 Å². The van der Waals surface area contributed by atoms with Gasteiger partial charge in [0.1, 0.15) is 0 Å². The molecule has 0 aliphatic carbocycles. The Labute approximate surface area is 152 Å². The van der Waals surface area contributed by atoms with Crippen LogP contribution < -0.4 is 0 Å². The van der Waals surface area contributed by atoms with E-state index in [9.17, 15) is 0 Å². The van der Waals surface area contributed by atoms with Gasteiger partial charge in [-0.1, -0.05) is 78.9 Å². The smallest absolute Gasteiger partial charge is 0.0946 e. The molecule has 0 saturated heterocycles. The zero-order chi connectivity index (χ0) is 17.3. The molecular weight excluding hydrogens is 316 g/mol. The van der Waals surface area contributed by atoms with Gasteiger partial charge in [-0.15, -0.1) is 0 Å². The van der Waals surface area contributed by atoms with Crippen LogP contribution in [0.3, 0.4) is 0 Å². The van der Waals surface area contributed by atoms with Crippen LogP contribution >= 0.6 is 0 Å². The first-order chi connectivity index (χ1) is 12.9. The van der Waals surface area contributed by atoms with E-state index in [0.717, 1.165) is 28.9 Å². The lowest BCUT2D eigenvalue weighted by Gasteiger charge is -2.09. The van der Waals surface area contributed by atoms with Crippen molar-refractivity contribution in [3.63, 3.8) is 0 Å². The molecule has 0 N–H and O–H groups in total. The normalized spacial score (nSPS) is 11.2. The number of hydrogen-bond donors (Lipinski definition) is 0. The number of para-hydroxylation sites is 1. The molecule has 0 amide bonds. The van der Waals surface area contributed by atoms with Gasteiger partial charge in [0.25, 0.3) is 0 Å². The summed E-state index contributed by atoms with van der Waals surface area (Å²) in [5.41, 5.74) is 6.90. The Morgan fingerprint density at radius 1 is 0.692 bits per heavy atom. The predicted molar refractivity (Wildman–Crippen MR) is 107 cm³/mol. The van der Waals surface area contributed by atoms with E-state index in [1.165, 1.54) is 16.5 Å². The average molecular weight is 334 g/mol. The van der Waals surface area contributed by atoms with Crippen molar-refractivity contribution >= 4 is 16.4 Å². The molecule has 5 aromatic rings. The Balaban J connectivity index is 1.77. The maximum absolute atomic E-state index is 5.04. The van der Waals surface area contributed by atoms with E-state index in [4.69, 9.17) is 4.98 Å². The lowest BCUT2D eigenvalue weighted by atomic mass is 10.1. The number of aromatic nitrogens is 2. The summed E-state index contributed by atoms with van der Waals surface area (Å²) in [4.78, 5) is 5.04. The van der Waals surface area contributed by atoms with Gasteiger partial charge in [-0.3, -0.25) is 0 Å². The average Bonchev–Trinajstić information content (AvgIpc) is 3.08. The fourth-order valence-corrected chi connectivity index (χ4v) is 3.57. The molecule has 124 valence electrons. The molecule has 0 saturated carbocycles. The lowest BCUT2D eigenvalue weighted by molar-refractivity contribution is 1.03. The number of rotatable bonds is 3. The first-order valence-electron chi connectivity index (χ1n) is 8.87. The number of fused-ring (bicyclic) bond motifs is 3. The monoisotopic (exact) mass is 334 g/mol. The van der Waals surface area contributed by atoms with Crippen molar-refractivity contribution in [2.75, 3.05) is 0 Å². The number of hydrogen-bond acceptors (Lipinski definition) is 1. The summed E-state index contributed by atoms with van der Waals surface area (Å²) in [5.74, 6) is 0. The Kier molecular flexibility index (Phi) is 3.53. The second kappa shape index (κ2) is 6.16. The Morgan fingerprint density at radius 2 is 1.38 bits per heavy atom. The zero-order valence-corrected chi connectivity index (χ0v) is 14.3. The minimum atomic E-state index is 0.823. The van der Waals surface area contributed by atoms with Gasteiger partial charge < -0.3 is 4.40 Å². The van der Waals surface area contributed by atoms with E-state index >= 15 is 0 Å². The standard InChI is InChI=1S/C24H18N2/c1-3-9-18(10-4-1)15-21-17-26-22-14-8-7-13-20(22)16-23(26)24(25-21)19-11-5-2-6-12-19/h1-14,16-17H,15H2. The molecular formula is C24H18N2. The van der Waals surface area contributed by atoms with Crippen LogP contribution in [-0.4, -0.2) is 9.38 Å². The SMILES string of the molecule is c1ccc(Cc2cn3c(cc4ccccc43)c(-c3ccccc3)n2)cc1. The molecule has 2 heteroatoms. The van der Waals surface area contributed by atoms with E-state index in [1.54, 1.807) is 0 Å². The van der Waals surface area contributed by atoms with E-state index < -0.39 is 0 Å². The van der Waals surface area contributed by atoms with Gasteiger partial charge in [-0.25, -0.2) is 4.98 Å². The van der Waals surface area contributed by atoms with Crippen molar-refractivity contribution < 1.29 is 0 Å². The molecule has 2 nitrogen and oxygen atoms in total. The van der Waals surface area contributed by atoms with Crippen molar-refractivity contribution in [2.45, 2.75) is 6.42 Å². The van der Waals surface area contributed by atoms with Crippen molar-refractivity contribution in [1.82, 2.24) is 9.38 Å². The van der Waals surface area contributed by atoms with Crippen LogP contribution in [0.25, 0.3) is 27.7 Å². The highest BCUT2D eigenvalue weighted by molar-refractivity contribution is 5.92. The largest absolute Gasteiger partial charge is 0.313 e. The van der Waals surface area contributed by atoms with Crippen molar-refractivity contribution in [3.8, 4) is 11.3 Å². The van der Waals surface area contributed by atoms with Crippen LogP contribution in [0.2, 0.25) is 0 Å². The van der Waals surface area contributed by atoms with Gasteiger partial charge in [0.2, 0.25) is 0 Å². The molecule has 0 unspecified atom stereocenters. The highest BCUT2D eigenvalue weighted by atomic mass is 14.9. The third-order valence-electron chi connectivity index (χ3n) is 4.80. The van der Waals surface area contributed by atoms with E-state index in [1.807, 2.05) is 6.07 Å². The van der Waals surface area contributed by atoms with Gasteiger partial charge >= 0.3 is 0 Å². The second-order valence-corrected chi connectivity index (χ2v) is 6.57. The molecule has 0 aliphatic heterocycles. The highest BCUT2D eigenvalue weighted by Crippen LogP contribution is 2.29. The molecule has 3 aromatic carbocycles. The molecule has 0 bridgehead atoms. The maximum Gasteiger partial charge on any atom is 0.0946 e. The Bertz CT molecular complexity index is 1190. The first kappa shape index (κ1) is 14.9. The zero-order valence-electron chi connectivity index (χ0n) is 14.3. The van der Waals surface area contributed by atoms with Crippen molar-refractivity contribution in [1.29, 1.82) is 0 Å².